The van der Waals surface area contributed by atoms with Gasteiger partial charge in [0.25, 0.3) is 5.56 Å². The first kappa shape index (κ1) is 16.7. The SMILES string of the molecule is CCOC(=O)c1cnn(-c2nc3c(ncn3Cc3ccccc3)c(=O)[nH]2)c1. The molecule has 136 valence electrons. The molecular weight excluding hydrogens is 348 g/mol. The number of hydrogen-bond donors (Lipinski definition) is 1. The molecule has 0 aliphatic carbocycles. The third-order valence-electron chi connectivity index (χ3n) is 3.97. The minimum Gasteiger partial charge on any atom is -0.462 e. The maximum absolute atomic E-state index is 12.4. The van der Waals surface area contributed by atoms with E-state index in [1.54, 1.807) is 17.8 Å². The zero-order valence-electron chi connectivity index (χ0n) is 14.5. The second-order valence-electron chi connectivity index (χ2n) is 5.81. The maximum atomic E-state index is 12.4. The van der Waals surface area contributed by atoms with Crippen LogP contribution in [0.1, 0.15) is 22.8 Å². The fourth-order valence-corrected chi connectivity index (χ4v) is 2.71. The fraction of sp³-hybridized carbons (Fsp3) is 0.167. The van der Waals surface area contributed by atoms with Gasteiger partial charge < -0.3 is 9.30 Å². The first-order chi connectivity index (χ1) is 13.2. The van der Waals surface area contributed by atoms with E-state index in [0.29, 0.717) is 12.2 Å². The van der Waals surface area contributed by atoms with E-state index in [0.717, 1.165) is 5.56 Å². The van der Waals surface area contributed by atoms with Crippen LogP contribution >= 0.6 is 0 Å². The monoisotopic (exact) mass is 364 g/mol. The van der Waals surface area contributed by atoms with Crippen molar-refractivity contribution >= 4 is 17.1 Å². The average Bonchev–Trinajstić information content (AvgIpc) is 3.31. The van der Waals surface area contributed by atoms with Crippen molar-refractivity contribution in [3.63, 3.8) is 0 Å². The molecule has 4 aromatic rings. The Balaban J connectivity index is 1.73. The van der Waals surface area contributed by atoms with Crippen molar-refractivity contribution in [2.45, 2.75) is 13.5 Å². The van der Waals surface area contributed by atoms with Crippen LogP contribution in [0.5, 0.6) is 0 Å². The minimum atomic E-state index is -0.485. The third-order valence-corrected chi connectivity index (χ3v) is 3.97. The van der Waals surface area contributed by atoms with Crippen molar-refractivity contribution in [2.75, 3.05) is 6.61 Å². The zero-order chi connectivity index (χ0) is 18.8. The minimum absolute atomic E-state index is 0.192. The molecule has 9 nitrogen and oxygen atoms in total. The quantitative estimate of drug-likeness (QED) is 0.538. The van der Waals surface area contributed by atoms with E-state index in [1.165, 1.54) is 17.1 Å². The molecule has 0 spiro atoms. The molecule has 0 saturated heterocycles. The van der Waals surface area contributed by atoms with Gasteiger partial charge in [-0.15, -0.1) is 0 Å². The lowest BCUT2D eigenvalue weighted by Crippen LogP contribution is -2.15. The van der Waals surface area contributed by atoms with Crippen LogP contribution < -0.4 is 5.56 Å². The second kappa shape index (κ2) is 6.87. The van der Waals surface area contributed by atoms with E-state index < -0.39 is 5.97 Å². The molecule has 9 heteroatoms. The summed E-state index contributed by atoms with van der Waals surface area (Å²) in [5.41, 5.74) is 1.63. The average molecular weight is 364 g/mol. The highest BCUT2D eigenvalue weighted by atomic mass is 16.5. The lowest BCUT2D eigenvalue weighted by Gasteiger charge is -2.05. The fourth-order valence-electron chi connectivity index (χ4n) is 2.71. The number of aromatic amines is 1. The Morgan fingerprint density at radius 3 is 2.85 bits per heavy atom. The molecule has 0 saturated carbocycles. The highest BCUT2D eigenvalue weighted by Gasteiger charge is 2.15. The molecule has 1 N–H and O–H groups in total. The van der Waals surface area contributed by atoms with E-state index in [1.807, 2.05) is 30.3 Å². The van der Waals surface area contributed by atoms with Crippen LogP contribution in [0.2, 0.25) is 0 Å². The van der Waals surface area contributed by atoms with E-state index in [4.69, 9.17) is 4.74 Å². The van der Waals surface area contributed by atoms with E-state index in [-0.39, 0.29) is 29.2 Å². The predicted octanol–water partition coefficient (Wildman–Crippen LogP) is 1.53. The molecule has 1 aromatic carbocycles. The standard InChI is InChI=1S/C18H16N6O3/c1-2-27-17(26)13-8-20-24(10-13)18-21-15-14(16(25)22-18)19-11-23(15)9-12-6-4-3-5-7-12/h3-8,10-11H,2,9H2,1H3,(H,21,22,25). The van der Waals surface area contributed by atoms with Gasteiger partial charge in [0.1, 0.15) is 0 Å². The summed E-state index contributed by atoms with van der Waals surface area (Å²) in [6, 6.07) is 9.80. The van der Waals surface area contributed by atoms with E-state index >= 15 is 0 Å². The van der Waals surface area contributed by atoms with Gasteiger partial charge in [0, 0.05) is 6.20 Å². The van der Waals surface area contributed by atoms with Crippen LogP contribution in [0, 0.1) is 0 Å². The normalized spacial score (nSPS) is 11.0. The number of benzene rings is 1. The van der Waals surface area contributed by atoms with Gasteiger partial charge in [-0.2, -0.15) is 10.1 Å². The number of hydrogen-bond acceptors (Lipinski definition) is 6. The van der Waals surface area contributed by atoms with Gasteiger partial charge in [-0.1, -0.05) is 30.3 Å². The highest BCUT2D eigenvalue weighted by molar-refractivity contribution is 5.88. The van der Waals surface area contributed by atoms with Gasteiger partial charge in [0.2, 0.25) is 5.95 Å². The summed E-state index contributed by atoms with van der Waals surface area (Å²) in [4.78, 5) is 35.4. The van der Waals surface area contributed by atoms with Crippen molar-refractivity contribution in [1.82, 2.24) is 29.3 Å². The van der Waals surface area contributed by atoms with Crippen LogP contribution in [-0.2, 0) is 11.3 Å². The van der Waals surface area contributed by atoms with Gasteiger partial charge in [-0.3, -0.25) is 9.78 Å². The molecule has 0 unspecified atom stereocenters. The molecule has 4 rings (SSSR count). The molecule has 0 radical (unpaired) electrons. The Morgan fingerprint density at radius 2 is 2.07 bits per heavy atom. The van der Waals surface area contributed by atoms with E-state index in [9.17, 15) is 9.59 Å². The van der Waals surface area contributed by atoms with Gasteiger partial charge in [0.05, 0.1) is 31.2 Å². The van der Waals surface area contributed by atoms with Crippen molar-refractivity contribution in [3.8, 4) is 5.95 Å². The maximum Gasteiger partial charge on any atom is 0.341 e. The Morgan fingerprint density at radius 1 is 1.26 bits per heavy atom. The highest BCUT2D eigenvalue weighted by Crippen LogP contribution is 2.11. The van der Waals surface area contributed by atoms with E-state index in [2.05, 4.69) is 20.1 Å². The van der Waals surface area contributed by atoms with Crippen molar-refractivity contribution in [3.05, 3.63) is 70.5 Å². The van der Waals surface area contributed by atoms with Crippen LogP contribution in [0.4, 0.5) is 0 Å². The van der Waals surface area contributed by atoms with Crippen molar-refractivity contribution in [1.29, 1.82) is 0 Å². The number of ether oxygens (including phenoxy) is 1. The number of imidazole rings is 1. The number of nitrogens with zero attached hydrogens (tertiary/aromatic N) is 5. The number of fused-ring (bicyclic) bond motifs is 1. The summed E-state index contributed by atoms with van der Waals surface area (Å²) < 4.78 is 8.06. The molecule has 0 fully saturated rings. The van der Waals surface area contributed by atoms with Gasteiger partial charge >= 0.3 is 5.97 Å². The van der Waals surface area contributed by atoms with Crippen molar-refractivity contribution < 1.29 is 9.53 Å². The number of carbonyl (C=O) groups is 1. The molecule has 27 heavy (non-hydrogen) atoms. The Labute approximate surface area is 153 Å². The number of aromatic nitrogens is 6. The zero-order valence-corrected chi connectivity index (χ0v) is 14.5. The van der Waals surface area contributed by atoms with Gasteiger partial charge in [-0.05, 0) is 12.5 Å². The number of esters is 1. The summed E-state index contributed by atoms with van der Waals surface area (Å²) in [6.07, 6.45) is 4.40. The largest absolute Gasteiger partial charge is 0.462 e. The molecular formula is C18H16N6O3. The topological polar surface area (TPSA) is 108 Å². The lowest BCUT2D eigenvalue weighted by molar-refractivity contribution is 0.0526. The number of carbonyl (C=O) groups excluding carboxylic acids is 1. The Kier molecular flexibility index (Phi) is 4.25. The number of H-pyrrole nitrogens is 1. The second-order valence-corrected chi connectivity index (χ2v) is 5.81. The summed E-state index contributed by atoms with van der Waals surface area (Å²) in [6.45, 7) is 2.52. The summed E-state index contributed by atoms with van der Waals surface area (Å²) >= 11 is 0. The van der Waals surface area contributed by atoms with Crippen molar-refractivity contribution in [2.24, 2.45) is 0 Å². The van der Waals surface area contributed by atoms with Crippen LogP contribution in [-0.4, -0.2) is 41.9 Å². The summed E-state index contributed by atoms with van der Waals surface area (Å²) in [7, 11) is 0. The number of rotatable bonds is 5. The molecule has 3 aromatic heterocycles. The predicted molar refractivity (Wildman–Crippen MR) is 96.8 cm³/mol. The molecule has 0 amide bonds. The van der Waals surface area contributed by atoms with Crippen LogP contribution in [0.15, 0.2) is 53.8 Å². The Bertz CT molecular complexity index is 1160. The molecule has 0 atom stereocenters. The first-order valence-electron chi connectivity index (χ1n) is 8.37. The van der Waals surface area contributed by atoms with Gasteiger partial charge in [0.15, 0.2) is 11.2 Å². The summed E-state index contributed by atoms with van der Waals surface area (Å²) in [5.74, 6) is -0.292. The van der Waals surface area contributed by atoms with Crippen LogP contribution in [0.25, 0.3) is 17.1 Å². The Hall–Kier alpha value is -3.75. The molecule has 0 aliphatic rings. The summed E-state index contributed by atoms with van der Waals surface area (Å²) in [5, 5.41) is 4.09. The number of nitrogens with one attached hydrogen (secondary N) is 1. The third kappa shape index (κ3) is 3.22. The molecule has 0 bridgehead atoms. The van der Waals surface area contributed by atoms with Gasteiger partial charge in [-0.25, -0.2) is 14.5 Å². The lowest BCUT2D eigenvalue weighted by atomic mass is 10.2. The molecule has 3 heterocycles. The van der Waals surface area contributed by atoms with Crippen LogP contribution in [0.3, 0.4) is 0 Å². The molecule has 0 aliphatic heterocycles. The first-order valence-corrected chi connectivity index (χ1v) is 8.37. The smallest absolute Gasteiger partial charge is 0.341 e.